The first kappa shape index (κ1) is 20.1. The fourth-order valence-corrected chi connectivity index (χ4v) is 3.39. The summed E-state index contributed by atoms with van der Waals surface area (Å²) < 4.78 is 1.90. The van der Waals surface area contributed by atoms with Crippen LogP contribution >= 0.6 is 11.6 Å². The zero-order valence-electron chi connectivity index (χ0n) is 16.6. The van der Waals surface area contributed by atoms with E-state index in [0.29, 0.717) is 11.6 Å². The molecule has 0 aliphatic heterocycles. The number of aromatic nitrogens is 2. The second kappa shape index (κ2) is 8.59. The van der Waals surface area contributed by atoms with E-state index in [-0.39, 0.29) is 12.5 Å². The SMILES string of the molecule is Cc1cccc(C)c1NC(=O)CNCc1c(C)nn(-c2ccc(Cl)cc2)c1C. The Balaban J connectivity index is 1.63. The van der Waals surface area contributed by atoms with E-state index in [1.165, 1.54) is 0 Å². The van der Waals surface area contributed by atoms with Crippen LogP contribution in [0.15, 0.2) is 42.5 Å². The quantitative estimate of drug-likeness (QED) is 0.645. The van der Waals surface area contributed by atoms with Crippen molar-refractivity contribution in [1.29, 1.82) is 0 Å². The molecule has 6 heteroatoms. The van der Waals surface area contributed by atoms with Gasteiger partial charge in [0.1, 0.15) is 0 Å². The molecule has 1 heterocycles. The van der Waals surface area contributed by atoms with Crippen LogP contribution in [0.1, 0.15) is 28.1 Å². The van der Waals surface area contributed by atoms with Crippen LogP contribution in [0.5, 0.6) is 0 Å². The first-order chi connectivity index (χ1) is 13.4. The van der Waals surface area contributed by atoms with Gasteiger partial charge in [-0.1, -0.05) is 29.8 Å². The second-order valence-corrected chi connectivity index (χ2v) is 7.39. The normalized spacial score (nSPS) is 10.9. The third-order valence-corrected chi connectivity index (χ3v) is 5.10. The lowest BCUT2D eigenvalue weighted by atomic mass is 10.1. The zero-order valence-corrected chi connectivity index (χ0v) is 17.4. The van der Waals surface area contributed by atoms with Gasteiger partial charge < -0.3 is 10.6 Å². The first-order valence-corrected chi connectivity index (χ1v) is 9.62. The highest BCUT2D eigenvalue weighted by atomic mass is 35.5. The Morgan fingerprint density at radius 2 is 1.68 bits per heavy atom. The van der Waals surface area contributed by atoms with E-state index in [2.05, 4.69) is 15.7 Å². The minimum atomic E-state index is -0.0576. The lowest BCUT2D eigenvalue weighted by molar-refractivity contribution is -0.115. The Bertz CT molecular complexity index is 972. The number of nitrogens with one attached hydrogen (secondary N) is 2. The molecule has 0 saturated heterocycles. The highest BCUT2D eigenvalue weighted by Crippen LogP contribution is 2.20. The Hall–Kier alpha value is -2.63. The van der Waals surface area contributed by atoms with Crippen molar-refractivity contribution < 1.29 is 4.79 Å². The van der Waals surface area contributed by atoms with E-state index in [1.54, 1.807) is 0 Å². The van der Waals surface area contributed by atoms with Crippen molar-refractivity contribution in [3.63, 3.8) is 0 Å². The third-order valence-electron chi connectivity index (χ3n) is 4.85. The molecular formula is C22H25ClN4O. The number of hydrogen-bond donors (Lipinski definition) is 2. The Morgan fingerprint density at radius 3 is 2.32 bits per heavy atom. The summed E-state index contributed by atoms with van der Waals surface area (Å²) in [6.07, 6.45) is 0. The molecule has 0 bridgehead atoms. The van der Waals surface area contributed by atoms with Crippen LogP contribution in [-0.2, 0) is 11.3 Å². The van der Waals surface area contributed by atoms with Gasteiger partial charge in [0.2, 0.25) is 5.91 Å². The molecule has 28 heavy (non-hydrogen) atoms. The summed E-state index contributed by atoms with van der Waals surface area (Å²) in [4.78, 5) is 12.3. The summed E-state index contributed by atoms with van der Waals surface area (Å²) in [6.45, 7) is 8.81. The summed E-state index contributed by atoms with van der Waals surface area (Å²) in [7, 11) is 0. The van der Waals surface area contributed by atoms with Crippen molar-refractivity contribution in [2.75, 3.05) is 11.9 Å². The van der Waals surface area contributed by atoms with Gasteiger partial charge in [-0.15, -0.1) is 0 Å². The van der Waals surface area contributed by atoms with Crippen LogP contribution in [0.3, 0.4) is 0 Å². The van der Waals surface area contributed by atoms with E-state index in [0.717, 1.165) is 39.5 Å². The van der Waals surface area contributed by atoms with Crippen molar-refractivity contribution in [1.82, 2.24) is 15.1 Å². The number of carbonyl (C=O) groups is 1. The van der Waals surface area contributed by atoms with Crippen LogP contribution in [0, 0.1) is 27.7 Å². The molecule has 1 amide bonds. The molecule has 0 radical (unpaired) electrons. The maximum atomic E-state index is 12.3. The van der Waals surface area contributed by atoms with Crippen LogP contribution < -0.4 is 10.6 Å². The van der Waals surface area contributed by atoms with Gasteiger partial charge in [-0.05, 0) is 63.1 Å². The van der Waals surface area contributed by atoms with Crippen molar-refractivity contribution in [3.8, 4) is 5.69 Å². The van der Waals surface area contributed by atoms with Crippen LogP contribution in [0.4, 0.5) is 5.69 Å². The molecule has 1 aromatic heterocycles. The highest BCUT2D eigenvalue weighted by Gasteiger charge is 2.13. The fourth-order valence-electron chi connectivity index (χ4n) is 3.26. The predicted molar refractivity (Wildman–Crippen MR) is 114 cm³/mol. The topological polar surface area (TPSA) is 59.0 Å². The van der Waals surface area contributed by atoms with Gasteiger partial charge in [0.15, 0.2) is 0 Å². The Labute approximate surface area is 170 Å². The van der Waals surface area contributed by atoms with Crippen LogP contribution in [0.2, 0.25) is 5.02 Å². The molecule has 0 aliphatic carbocycles. The average Bonchev–Trinajstić information content (AvgIpc) is 2.94. The summed E-state index contributed by atoms with van der Waals surface area (Å²) in [5.74, 6) is -0.0576. The van der Waals surface area contributed by atoms with E-state index in [4.69, 9.17) is 11.6 Å². The monoisotopic (exact) mass is 396 g/mol. The predicted octanol–water partition coefficient (Wildman–Crippen LogP) is 4.49. The van der Waals surface area contributed by atoms with Crippen molar-refractivity contribution in [3.05, 3.63) is 75.6 Å². The van der Waals surface area contributed by atoms with E-state index in [1.807, 2.05) is 74.8 Å². The van der Waals surface area contributed by atoms with Crippen molar-refractivity contribution in [2.24, 2.45) is 0 Å². The van der Waals surface area contributed by atoms with Crippen molar-refractivity contribution >= 4 is 23.2 Å². The molecule has 3 aromatic rings. The van der Waals surface area contributed by atoms with Gasteiger partial charge in [-0.25, -0.2) is 4.68 Å². The molecule has 0 aliphatic rings. The number of anilines is 1. The van der Waals surface area contributed by atoms with Crippen LogP contribution in [-0.4, -0.2) is 22.2 Å². The number of carbonyl (C=O) groups excluding carboxylic acids is 1. The Kier molecular flexibility index (Phi) is 6.17. The first-order valence-electron chi connectivity index (χ1n) is 9.24. The van der Waals surface area contributed by atoms with Gasteiger partial charge in [0, 0.05) is 28.5 Å². The number of hydrogen-bond acceptors (Lipinski definition) is 3. The van der Waals surface area contributed by atoms with Crippen LogP contribution in [0.25, 0.3) is 5.69 Å². The molecule has 5 nitrogen and oxygen atoms in total. The molecule has 146 valence electrons. The smallest absolute Gasteiger partial charge is 0.238 e. The lowest BCUT2D eigenvalue weighted by Crippen LogP contribution is -2.28. The summed E-state index contributed by atoms with van der Waals surface area (Å²) in [5.41, 5.74) is 7.04. The average molecular weight is 397 g/mol. The number of rotatable bonds is 6. The maximum Gasteiger partial charge on any atom is 0.238 e. The highest BCUT2D eigenvalue weighted by molar-refractivity contribution is 6.30. The fraction of sp³-hybridized carbons (Fsp3) is 0.273. The van der Waals surface area contributed by atoms with E-state index < -0.39 is 0 Å². The third kappa shape index (κ3) is 4.43. The number of para-hydroxylation sites is 1. The molecule has 0 fully saturated rings. The van der Waals surface area contributed by atoms with Crippen molar-refractivity contribution in [2.45, 2.75) is 34.2 Å². The van der Waals surface area contributed by atoms with E-state index >= 15 is 0 Å². The molecule has 0 unspecified atom stereocenters. The number of benzene rings is 2. The van der Waals surface area contributed by atoms with E-state index in [9.17, 15) is 4.79 Å². The van der Waals surface area contributed by atoms with Gasteiger partial charge in [-0.3, -0.25) is 4.79 Å². The summed E-state index contributed by atoms with van der Waals surface area (Å²) >= 11 is 5.97. The molecule has 3 rings (SSSR count). The molecule has 2 aromatic carbocycles. The number of amides is 1. The standard InChI is InChI=1S/C22H25ClN4O/c1-14-6-5-7-15(2)22(14)25-21(28)13-24-12-20-16(3)26-27(17(20)4)19-10-8-18(23)9-11-19/h5-11,24H,12-13H2,1-4H3,(H,25,28). The molecule has 2 N–H and O–H groups in total. The number of halogens is 1. The zero-order chi connectivity index (χ0) is 20.3. The minimum absolute atomic E-state index is 0.0576. The van der Waals surface area contributed by atoms with Gasteiger partial charge in [-0.2, -0.15) is 5.10 Å². The van der Waals surface area contributed by atoms with Gasteiger partial charge in [0.25, 0.3) is 0 Å². The molecule has 0 saturated carbocycles. The second-order valence-electron chi connectivity index (χ2n) is 6.96. The van der Waals surface area contributed by atoms with Gasteiger partial charge in [0.05, 0.1) is 17.9 Å². The number of nitrogens with zero attached hydrogens (tertiary/aromatic N) is 2. The largest absolute Gasteiger partial charge is 0.324 e. The van der Waals surface area contributed by atoms with Gasteiger partial charge >= 0.3 is 0 Å². The number of aryl methyl sites for hydroxylation is 3. The summed E-state index contributed by atoms with van der Waals surface area (Å²) in [5, 5.41) is 11.6. The lowest BCUT2D eigenvalue weighted by Gasteiger charge is -2.12. The molecular weight excluding hydrogens is 372 g/mol. The summed E-state index contributed by atoms with van der Waals surface area (Å²) in [6, 6.07) is 13.6. The Morgan fingerprint density at radius 1 is 1.04 bits per heavy atom. The molecule has 0 spiro atoms. The molecule has 0 atom stereocenters. The maximum absolute atomic E-state index is 12.3. The minimum Gasteiger partial charge on any atom is -0.324 e.